The molecule has 0 aliphatic carbocycles. The summed E-state index contributed by atoms with van der Waals surface area (Å²) in [5.41, 5.74) is 1.91. The average molecular weight is 411 g/mol. The third-order valence-corrected chi connectivity index (χ3v) is 4.72. The standard InChI is InChI=1S/C19H20F3N3O4/c1-25-6-7-28-9-12(25)10-29-13-4-2-11(3-5-13)14-8-15(17(23)26)18(27)24-16(14)19(20,21)22/h2-5,8,12H,6-7,9-10H2,1H3,(H2,23,26)(H,24,27). The van der Waals surface area contributed by atoms with Gasteiger partial charge in [-0.25, -0.2) is 0 Å². The van der Waals surface area contributed by atoms with E-state index in [9.17, 15) is 22.8 Å². The Bertz CT molecular complexity index is 941. The number of primary amides is 1. The van der Waals surface area contributed by atoms with Gasteiger partial charge in [0.25, 0.3) is 11.5 Å². The number of nitrogens with two attached hydrogens (primary N) is 1. The van der Waals surface area contributed by atoms with Crippen molar-refractivity contribution in [2.24, 2.45) is 5.73 Å². The Hall–Kier alpha value is -2.85. The lowest BCUT2D eigenvalue weighted by Gasteiger charge is -2.32. The number of rotatable bonds is 5. The Morgan fingerprint density at radius 2 is 2.03 bits per heavy atom. The first-order valence-corrected chi connectivity index (χ1v) is 8.82. The van der Waals surface area contributed by atoms with Gasteiger partial charge in [-0.1, -0.05) is 12.1 Å². The zero-order valence-corrected chi connectivity index (χ0v) is 15.6. The number of pyridine rings is 1. The number of morpholine rings is 1. The van der Waals surface area contributed by atoms with Crippen LogP contribution in [-0.2, 0) is 10.9 Å². The predicted molar refractivity (Wildman–Crippen MR) is 98.8 cm³/mol. The second-order valence-electron chi connectivity index (χ2n) is 6.71. The van der Waals surface area contributed by atoms with Gasteiger partial charge in [0, 0.05) is 12.1 Å². The summed E-state index contributed by atoms with van der Waals surface area (Å²) >= 11 is 0. The van der Waals surface area contributed by atoms with Crippen LogP contribution in [0.15, 0.2) is 35.1 Å². The number of amides is 1. The molecule has 1 aliphatic rings. The van der Waals surface area contributed by atoms with Gasteiger partial charge in [0.2, 0.25) is 0 Å². The van der Waals surface area contributed by atoms with Crippen LogP contribution < -0.4 is 16.0 Å². The molecule has 1 saturated heterocycles. The van der Waals surface area contributed by atoms with Crippen LogP contribution >= 0.6 is 0 Å². The van der Waals surface area contributed by atoms with E-state index in [1.807, 2.05) is 7.05 Å². The molecule has 1 aromatic carbocycles. The minimum Gasteiger partial charge on any atom is -0.492 e. The maximum Gasteiger partial charge on any atom is 0.431 e. The first-order chi connectivity index (χ1) is 13.7. The number of hydrogen-bond donors (Lipinski definition) is 2. The number of likely N-dealkylation sites (N-methyl/N-ethyl adjacent to an activating group) is 1. The molecule has 3 N–H and O–H groups in total. The van der Waals surface area contributed by atoms with E-state index in [2.05, 4.69) is 4.90 Å². The van der Waals surface area contributed by atoms with Gasteiger partial charge in [-0.3, -0.25) is 14.5 Å². The summed E-state index contributed by atoms with van der Waals surface area (Å²) in [5.74, 6) is -0.638. The van der Waals surface area contributed by atoms with Crippen LogP contribution in [0, 0.1) is 0 Å². The molecule has 1 aromatic heterocycles. The summed E-state index contributed by atoms with van der Waals surface area (Å²) in [5, 5.41) is 0. The Morgan fingerprint density at radius 1 is 1.34 bits per heavy atom. The molecule has 29 heavy (non-hydrogen) atoms. The maximum atomic E-state index is 13.4. The molecule has 1 amide bonds. The Balaban J connectivity index is 1.86. The van der Waals surface area contributed by atoms with E-state index >= 15 is 0 Å². The molecule has 1 aliphatic heterocycles. The van der Waals surface area contributed by atoms with Crippen LogP contribution in [0.4, 0.5) is 13.2 Å². The first-order valence-electron chi connectivity index (χ1n) is 8.82. The molecule has 156 valence electrons. The van der Waals surface area contributed by atoms with Gasteiger partial charge in [-0.15, -0.1) is 0 Å². The van der Waals surface area contributed by atoms with E-state index in [1.54, 1.807) is 4.98 Å². The average Bonchev–Trinajstić information content (AvgIpc) is 2.67. The number of carbonyl (C=O) groups is 1. The zero-order chi connectivity index (χ0) is 21.2. The van der Waals surface area contributed by atoms with Gasteiger partial charge in [0.05, 0.1) is 19.3 Å². The molecule has 0 radical (unpaired) electrons. The van der Waals surface area contributed by atoms with Gasteiger partial charge >= 0.3 is 6.18 Å². The molecule has 0 spiro atoms. The Labute approximate surface area is 164 Å². The molecule has 0 bridgehead atoms. The van der Waals surface area contributed by atoms with Crippen molar-refractivity contribution in [1.29, 1.82) is 0 Å². The molecule has 10 heteroatoms. The third kappa shape index (κ3) is 4.77. The summed E-state index contributed by atoms with van der Waals surface area (Å²) in [6, 6.07) is 6.82. The number of aromatic nitrogens is 1. The van der Waals surface area contributed by atoms with Crippen LogP contribution in [-0.4, -0.2) is 55.2 Å². The number of nitrogens with zero attached hydrogens (tertiary/aromatic N) is 1. The van der Waals surface area contributed by atoms with E-state index < -0.39 is 28.9 Å². The van der Waals surface area contributed by atoms with Crippen LogP contribution in [0.25, 0.3) is 11.1 Å². The number of nitrogens with one attached hydrogen (secondary N) is 1. The molecule has 7 nitrogen and oxygen atoms in total. The molecule has 1 fully saturated rings. The Morgan fingerprint density at radius 3 is 2.62 bits per heavy atom. The lowest BCUT2D eigenvalue weighted by atomic mass is 10.0. The number of benzene rings is 1. The first kappa shape index (κ1) is 20.9. The second-order valence-corrected chi connectivity index (χ2v) is 6.71. The van der Waals surface area contributed by atoms with Crippen LogP contribution in [0.3, 0.4) is 0 Å². The number of H-pyrrole nitrogens is 1. The highest BCUT2D eigenvalue weighted by Crippen LogP contribution is 2.35. The number of alkyl halides is 3. The minimum atomic E-state index is -4.81. The maximum absolute atomic E-state index is 13.4. The Kier molecular flexibility index (Phi) is 5.94. The molecular weight excluding hydrogens is 391 g/mol. The molecule has 0 saturated carbocycles. The second kappa shape index (κ2) is 8.26. The molecule has 1 unspecified atom stereocenters. The largest absolute Gasteiger partial charge is 0.492 e. The number of ether oxygens (including phenoxy) is 2. The molecule has 2 aromatic rings. The summed E-state index contributed by atoms with van der Waals surface area (Å²) in [6.07, 6.45) is -4.81. The number of carbonyl (C=O) groups excluding carboxylic acids is 1. The summed E-state index contributed by atoms with van der Waals surface area (Å²) < 4.78 is 51.2. The molecule has 3 rings (SSSR count). The molecular formula is C19H20F3N3O4. The fraction of sp³-hybridized carbons (Fsp3) is 0.368. The van der Waals surface area contributed by atoms with Gasteiger partial charge < -0.3 is 20.2 Å². The third-order valence-electron chi connectivity index (χ3n) is 4.72. The van der Waals surface area contributed by atoms with Crippen LogP contribution in [0.5, 0.6) is 5.75 Å². The van der Waals surface area contributed by atoms with E-state index in [0.717, 1.165) is 12.6 Å². The van der Waals surface area contributed by atoms with Gasteiger partial charge in [0.1, 0.15) is 23.6 Å². The highest BCUT2D eigenvalue weighted by molar-refractivity contribution is 5.93. The molecule has 1 atom stereocenters. The van der Waals surface area contributed by atoms with E-state index in [1.165, 1.54) is 24.3 Å². The van der Waals surface area contributed by atoms with Crippen molar-refractivity contribution in [2.75, 3.05) is 33.4 Å². The van der Waals surface area contributed by atoms with E-state index in [-0.39, 0.29) is 17.2 Å². The van der Waals surface area contributed by atoms with E-state index in [0.29, 0.717) is 25.6 Å². The smallest absolute Gasteiger partial charge is 0.431 e. The quantitative estimate of drug-likeness (QED) is 0.783. The number of hydrogen-bond acceptors (Lipinski definition) is 5. The normalized spacial score (nSPS) is 17.9. The number of halogens is 3. The van der Waals surface area contributed by atoms with Crippen molar-refractivity contribution < 1.29 is 27.4 Å². The monoisotopic (exact) mass is 411 g/mol. The van der Waals surface area contributed by atoms with Gasteiger partial charge in [-0.2, -0.15) is 13.2 Å². The van der Waals surface area contributed by atoms with Crippen LogP contribution in [0.1, 0.15) is 16.1 Å². The fourth-order valence-corrected chi connectivity index (χ4v) is 3.00. The van der Waals surface area contributed by atoms with Crippen molar-refractivity contribution in [3.63, 3.8) is 0 Å². The lowest BCUT2D eigenvalue weighted by Crippen LogP contribution is -2.46. The van der Waals surface area contributed by atoms with Crippen molar-refractivity contribution >= 4 is 5.91 Å². The highest BCUT2D eigenvalue weighted by atomic mass is 19.4. The summed E-state index contributed by atoms with van der Waals surface area (Å²) in [7, 11) is 1.96. The van der Waals surface area contributed by atoms with E-state index in [4.69, 9.17) is 15.2 Å². The van der Waals surface area contributed by atoms with Crippen molar-refractivity contribution in [3.05, 3.63) is 51.9 Å². The summed E-state index contributed by atoms with van der Waals surface area (Å²) in [6.45, 7) is 2.36. The summed E-state index contributed by atoms with van der Waals surface area (Å²) in [4.78, 5) is 26.9. The van der Waals surface area contributed by atoms with Crippen molar-refractivity contribution in [1.82, 2.24) is 9.88 Å². The van der Waals surface area contributed by atoms with Gasteiger partial charge in [-0.05, 0) is 30.8 Å². The topological polar surface area (TPSA) is 97.6 Å². The number of aromatic amines is 1. The fourth-order valence-electron chi connectivity index (χ4n) is 3.00. The predicted octanol–water partition coefficient (Wildman–Crippen LogP) is 1.87. The minimum absolute atomic E-state index is 0.0811. The van der Waals surface area contributed by atoms with Crippen LogP contribution in [0.2, 0.25) is 0 Å². The van der Waals surface area contributed by atoms with Crippen molar-refractivity contribution in [3.8, 4) is 16.9 Å². The lowest BCUT2D eigenvalue weighted by molar-refractivity contribution is -0.140. The molecule has 2 heterocycles. The van der Waals surface area contributed by atoms with Crippen molar-refractivity contribution in [2.45, 2.75) is 12.2 Å². The zero-order valence-electron chi connectivity index (χ0n) is 15.6. The highest BCUT2D eigenvalue weighted by Gasteiger charge is 2.36. The SMILES string of the molecule is CN1CCOCC1COc1ccc(-c2cc(C(N)=O)c(=O)[nH]c2C(F)(F)F)cc1. The van der Waals surface area contributed by atoms with Gasteiger partial charge in [0.15, 0.2) is 0 Å².